The van der Waals surface area contributed by atoms with Crippen LogP contribution < -0.4 is 4.90 Å². The fourth-order valence-corrected chi connectivity index (χ4v) is 3.55. The Kier molecular flexibility index (Phi) is 5.62. The molecule has 3 rings (SSSR count). The minimum Gasteiger partial charge on any atom is -0.457 e. The van der Waals surface area contributed by atoms with Gasteiger partial charge in [0.05, 0.1) is 5.69 Å². The Morgan fingerprint density at radius 2 is 2.12 bits per heavy atom. The summed E-state index contributed by atoms with van der Waals surface area (Å²) in [6, 6.07) is 8.06. The third kappa shape index (κ3) is 3.91. The van der Waals surface area contributed by atoms with Crippen LogP contribution >= 0.6 is 11.3 Å². The second kappa shape index (κ2) is 8.09. The lowest BCUT2D eigenvalue weighted by Gasteiger charge is -2.21. The Morgan fingerprint density at radius 1 is 1.31 bits per heavy atom. The highest BCUT2D eigenvalue weighted by atomic mass is 32.1. The molecule has 0 fully saturated rings. The first-order valence-electron chi connectivity index (χ1n) is 8.46. The maximum absolute atomic E-state index is 12.4. The van der Waals surface area contributed by atoms with Crippen LogP contribution in [0.5, 0.6) is 0 Å². The number of ether oxygens (including phenoxy) is 1. The van der Waals surface area contributed by atoms with Gasteiger partial charge < -0.3 is 9.64 Å². The summed E-state index contributed by atoms with van der Waals surface area (Å²) in [5.74, 6) is 0.170. The van der Waals surface area contributed by atoms with Crippen LogP contribution in [0.4, 0.5) is 5.69 Å². The number of esters is 1. The molecule has 0 amide bonds. The first kappa shape index (κ1) is 18.1. The molecular formula is C18H21N5O2S. The SMILES string of the molecule is CCN(CC)c1cccc(COC(=O)c2sc(-c3ncn[nH]3)nc2C)c1. The Hall–Kier alpha value is -2.74. The number of benzene rings is 1. The molecule has 0 saturated carbocycles. The molecule has 0 unspecified atom stereocenters. The third-order valence-electron chi connectivity index (χ3n) is 4.01. The van der Waals surface area contributed by atoms with E-state index in [1.54, 1.807) is 6.92 Å². The average molecular weight is 371 g/mol. The van der Waals surface area contributed by atoms with Gasteiger partial charge in [-0.3, -0.25) is 5.10 Å². The molecule has 0 spiro atoms. The molecule has 0 aliphatic carbocycles. The standard InChI is InChI=1S/C18H21N5O2S/c1-4-23(5-2)14-8-6-7-13(9-14)10-25-18(24)15-12(3)21-17(26-15)16-19-11-20-22-16/h6-9,11H,4-5,10H2,1-3H3,(H,19,20,22). The molecule has 1 N–H and O–H groups in total. The van der Waals surface area contributed by atoms with Crippen molar-refractivity contribution in [3.8, 4) is 10.8 Å². The van der Waals surface area contributed by atoms with Crippen LogP contribution in [0.3, 0.4) is 0 Å². The molecular weight excluding hydrogens is 350 g/mol. The number of carbonyl (C=O) groups is 1. The molecule has 8 heteroatoms. The van der Waals surface area contributed by atoms with Gasteiger partial charge in [0.15, 0.2) is 10.8 Å². The van der Waals surface area contributed by atoms with Crippen molar-refractivity contribution in [3.05, 3.63) is 46.7 Å². The van der Waals surface area contributed by atoms with Gasteiger partial charge >= 0.3 is 5.97 Å². The van der Waals surface area contributed by atoms with Crippen LogP contribution in [0, 0.1) is 6.92 Å². The van der Waals surface area contributed by atoms with Gasteiger partial charge in [0.25, 0.3) is 0 Å². The first-order chi connectivity index (χ1) is 12.6. The number of H-pyrrole nitrogens is 1. The molecule has 136 valence electrons. The van der Waals surface area contributed by atoms with Gasteiger partial charge in [0.1, 0.15) is 17.8 Å². The number of thiazole rings is 1. The monoisotopic (exact) mass is 371 g/mol. The number of nitrogens with zero attached hydrogens (tertiary/aromatic N) is 4. The lowest BCUT2D eigenvalue weighted by atomic mass is 10.2. The summed E-state index contributed by atoms with van der Waals surface area (Å²) in [6.45, 7) is 8.12. The smallest absolute Gasteiger partial charge is 0.350 e. The van der Waals surface area contributed by atoms with Gasteiger partial charge in [-0.2, -0.15) is 5.10 Å². The zero-order valence-corrected chi connectivity index (χ0v) is 15.8. The molecule has 7 nitrogen and oxygen atoms in total. The van der Waals surface area contributed by atoms with E-state index in [0.29, 0.717) is 21.4 Å². The average Bonchev–Trinajstić information content (AvgIpc) is 3.31. The van der Waals surface area contributed by atoms with E-state index in [1.165, 1.54) is 17.7 Å². The number of hydrogen-bond donors (Lipinski definition) is 1. The van der Waals surface area contributed by atoms with Gasteiger partial charge in [0.2, 0.25) is 0 Å². The minimum absolute atomic E-state index is 0.225. The second-order valence-corrected chi connectivity index (χ2v) is 6.69. The third-order valence-corrected chi connectivity index (χ3v) is 5.15. The first-order valence-corrected chi connectivity index (χ1v) is 9.28. The van der Waals surface area contributed by atoms with Crippen molar-refractivity contribution in [2.24, 2.45) is 0 Å². The highest BCUT2D eigenvalue weighted by molar-refractivity contribution is 7.16. The lowest BCUT2D eigenvalue weighted by molar-refractivity contribution is 0.0477. The van der Waals surface area contributed by atoms with Crippen LogP contribution in [0.2, 0.25) is 0 Å². The summed E-state index contributed by atoms with van der Waals surface area (Å²) in [7, 11) is 0. The minimum atomic E-state index is -0.376. The highest BCUT2D eigenvalue weighted by Gasteiger charge is 2.19. The van der Waals surface area contributed by atoms with Crippen LogP contribution in [0.25, 0.3) is 10.8 Å². The maximum atomic E-state index is 12.4. The van der Waals surface area contributed by atoms with Crippen LogP contribution in [0.1, 0.15) is 34.8 Å². The molecule has 1 aromatic carbocycles. The summed E-state index contributed by atoms with van der Waals surface area (Å²) in [6.07, 6.45) is 1.41. The largest absolute Gasteiger partial charge is 0.457 e. The van der Waals surface area contributed by atoms with E-state index in [0.717, 1.165) is 24.3 Å². The molecule has 0 aliphatic rings. The number of hydrogen-bond acceptors (Lipinski definition) is 7. The number of aromatic nitrogens is 4. The van der Waals surface area contributed by atoms with Crippen molar-refractivity contribution >= 4 is 23.0 Å². The summed E-state index contributed by atoms with van der Waals surface area (Å²) < 4.78 is 5.49. The fraction of sp³-hybridized carbons (Fsp3) is 0.333. The molecule has 0 aliphatic heterocycles. The van der Waals surface area contributed by atoms with Crippen molar-refractivity contribution in [3.63, 3.8) is 0 Å². The zero-order valence-electron chi connectivity index (χ0n) is 15.0. The van der Waals surface area contributed by atoms with Gasteiger partial charge in [-0.1, -0.05) is 12.1 Å². The Bertz CT molecular complexity index is 872. The molecule has 0 atom stereocenters. The molecule has 2 heterocycles. The number of aryl methyl sites for hydroxylation is 1. The molecule has 0 bridgehead atoms. The van der Waals surface area contributed by atoms with Crippen molar-refractivity contribution in [1.29, 1.82) is 0 Å². The molecule has 26 heavy (non-hydrogen) atoms. The van der Waals surface area contributed by atoms with Crippen molar-refractivity contribution in [2.75, 3.05) is 18.0 Å². The molecule has 2 aromatic heterocycles. The fourth-order valence-electron chi connectivity index (χ4n) is 2.64. The molecule has 0 radical (unpaired) electrons. The Morgan fingerprint density at radius 3 is 2.81 bits per heavy atom. The predicted octanol–water partition coefficient (Wildman–Crippen LogP) is 3.44. The number of aromatic amines is 1. The Labute approximate surface area is 156 Å². The number of nitrogens with one attached hydrogen (secondary N) is 1. The van der Waals surface area contributed by atoms with E-state index in [9.17, 15) is 4.79 Å². The van der Waals surface area contributed by atoms with E-state index in [2.05, 4.69) is 51.0 Å². The second-order valence-electron chi connectivity index (χ2n) is 5.69. The van der Waals surface area contributed by atoms with Crippen LogP contribution in [-0.2, 0) is 11.3 Å². The van der Waals surface area contributed by atoms with E-state index in [1.807, 2.05) is 12.1 Å². The van der Waals surface area contributed by atoms with E-state index >= 15 is 0 Å². The van der Waals surface area contributed by atoms with Crippen molar-refractivity contribution in [2.45, 2.75) is 27.4 Å². The topological polar surface area (TPSA) is 84.0 Å². The summed E-state index contributed by atoms with van der Waals surface area (Å²) in [4.78, 5) is 23.6. The quantitative estimate of drug-likeness (QED) is 0.641. The summed E-state index contributed by atoms with van der Waals surface area (Å²) in [5, 5.41) is 7.17. The number of anilines is 1. The predicted molar refractivity (Wildman–Crippen MR) is 101 cm³/mol. The van der Waals surface area contributed by atoms with Crippen molar-refractivity contribution in [1.82, 2.24) is 20.2 Å². The summed E-state index contributed by atoms with van der Waals surface area (Å²) in [5.41, 5.74) is 2.72. The van der Waals surface area contributed by atoms with Crippen LogP contribution in [-0.4, -0.2) is 39.2 Å². The van der Waals surface area contributed by atoms with Gasteiger partial charge in [-0.05, 0) is 38.5 Å². The summed E-state index contributed by atoms with van der Waals surface area (Å²) >= 11 is 1.25. The van der Waals surface area contributed by atoms with Crippen molar-refractivity contribution < 1.29 is 9.53 Å². The zero-order chi connectivity index (χ0) is 18.5. The van der Waals surface area contributed by atoms with E-state index < -0.39 is 0 Å². The Balaban J connectivity index is 1.69. The van der Waals surface area contributed by atoms with Gasteiger partial charge in [-0.25, -0.2) is 14.8 Å². The maximum Gasteiger partial charge on any atom is 0.350 e. The number of carbonyl (C=O) groups excluding carboxylic acids is 1. The van der Waals surface area contributed by atoms with E-state index in [4.69, 9.17) is 4.74 Å². The normalized spacial score (nSPS) is 10.7. The number of rotatable bonds is 7. The highest BCUT2D eigenvalue weighted by Crippen LogP contribution is 2.26. The van der Waals surface area contributed by atoms with Gasteiger partial charge in [-0.15, -0.1) is 11.3 Å². The van der Waals surface area contributed by atoms with Crippen LogP contribution in [0.15, 0.2) is 30.6 Å². The lowest BCUT2D eigenvalue weighted by Crippen LogP contribution is -2.21. The molecule has 3 aromatic rings. The van der Waals surface area contributed by atoms with Gasteiger partial charge in [0, 0.05) is 18.8 Å². The molecule has 0 saturated heterocycles. The van der Waals surface area contributed by atoms with E-state index in [-0.39, 0.29) is 12.6 Å².